The molecular weight excluding hydrogens is 286 g/mol. The minimum Gasteiger partial charge on any atom is -0.394 e. The smallest absolute Gasteiger partial charge is 0.0913 e. The van der Waals surface area contributed by atoms with Crippen molar-refractivity contribution in [1.29, 1.82) is 0 Å². The van der Waals surface area contributed by atoms with Crippen LogP contribution in [0.15, 0.2) is 0 Å². The van der Waals surface area contributed by atoms with Crippen LogP contribution in [0.1, 0.15) is 110 Å². The van der Waals surface area contributed by atoms with Gasteiger partial charge < -0.3 is 5.11 Å². The first-order chi connectivity index (χ1) is 11.4. The maximum absolute atomic E-state index is 8.54. The van der Waals surface area contributed by atoms with Crippen molar-refractivity contribution in [3.05, 3.63) is 0 Å². The molecule has 3 nitrogen and oxygen atoms in total. The number of hydrogen-bond acceptors (Lipinski definition) is 3. The van der Waals surface area contributed by atoms with Gasteiger partial charge >= 0.3 is 0 Å². The fraction of sp³-hybridized carbons (Fsp3) is 1.00. The molecular formula is C20H43NO2. The normalized spacial score (nSPS) is 11.2. The Kier molecular flexibility index (Phi) is 21.8. The van der Waals surface area contributed by atoms with Crippen LogP contribution in [0.2, 0.25) is 0 Å². The summed E-state index contributed by atoms with van der Waals surface area (Å²) in [5.41, 5.74) is 2.88. The first-order valence-electron chi connectivity index (χ1n) is 10.4. The number of hydrogen-bond donors (Lipinski definition) is 2. The molecule has 0 atom stereocenters. The lowest BCUT2D eigenvalue weighted by molar-refractivity contribution is 0.0170. The average Bonchev–Trinajstić information content (AvgIpc) is 2.57. The topological polar surface area (TPSA) is 41.5 Å². The minimum atomic E-state index is 0.0892. The molecule has 0 spiro atoms. The Morgan fingerprint density at radius 1 is 0.609 bits per heavy atom. The lowest BCUT2D eigenvalue weighted by atomic mass is 10.0. The second-order valence-electron chi connectivity index (χ2n) is 6.77. The first-order valence-corrected chi connectivity index (χ1v) is 10.4. The van der Waals surface area contributed by atoms with Crippen molar-refractivity contribution in [1.82, 2.24) is 5.48 Å². The summed E-state index contributed by atoms with van der Waals surface area (Å²) < 4.78 is 0. The highest BCUT2D eigenvalue weighted by Crippen LogP contribution is 2.13. The molecule has 0 rings (SSSR count). The van der Waals surface area contributed by atoms with Gasteiger partial charge in [-0.15, -0.1) is 0 Å². The summed E-state index contributed by atoms with van der Waals surface area (Å²) in [5, 5.41) is 8.54. The van der Waals surface area contributed by atoms with Gasteiger partial charge in [0.15, 0.2) is 0 Å². The molecule has 0 heterocycles. The molecule has 0 unspecified atom stereocenters. The summed E-state index contributed by atoms with van der Waals surface area (Å²) in [7, 11) is 0. The summed E-state index contributed by atoms with van der Waals surface area (Å²) in [6, 6.07) is 0. The van der Waals surface area contributed by atoms with Gasteiger partial charge in [0.1, 0.15) is 0 Å². The first kappa shape index (κ1) is 22.9. The Hall–Kier alpha value is -0.120. The molecule has 0 aromatic carbocycles. The summed E-state index contributed by atoms with van der Waals surface area (Å²) in [4.78, 5) is 5.01. The van der Waals surface area contributed by atoms with Gasteiger partial charge in [-0.3, -0.25) is 4.84 Å². The predicted molar refractivity (Wildman–Crippen MR) is 101 cm³/mol. The van der Waals surface area contributed by atoms with Crippen LogP contribution in [0, 0.1) is 0 Å². The lowest BCUT2D eigenvalue weighted by Crippen LogP contribution is -2.18. The van der Waals surface area contributed by atoms with Gasteiger partial charge in [-0.05, 0) is 6.42 Å². The van der Waals surface area contributed by atoms with Crippen molar-refractivity contribution in [2.75, 3.05) is 19.8 Å². The molecule has 0 aromatic rings. The molecule has 0 amide bonds. The van der Waals surface area contributed by atoms with Crippen LogP contribution in [-0.4, -0.2) is 24.9 Å². The predicted octanol–water partition coefficient (Wildman–Crippen LogP) is 5.76. The largest absolute Gasteiger partial charge is 0.394 e. The number of nitrogens with one attached hydrogen (secondary N) is 1. The van der Waals surface area contributed by atoms with E-state index in [1.54, 1.807) is 0 Å². The van der Waals surface area contributed by atoms with Crippen molar-refractivity contribution < 1.29 is 9.94 Å². The quantitative estimate of drug-likeness (QED) is 0.220. The van der Waals surface area contributed by atoms with E-state index in [1.165, 1.54) is 103 Å². The second kappa shape index (κ2) is 21.9. The molecule has 0 aliphatic carbocycles. The number of rotatable bonds is 20. The van der Waals surface area contributed by atoms with E-state index in [9.17, 15) is 0 Å². The number of aliphatic hydroxyl groups excluding tert-OH is 1. The molecule has 2 N–H and O–H groups in total. The van der Waals surface area contributed by atoms with Crippen LogP contribution in [-0.2, 0) is 4.84 Å². The Bertz CT molecular complexity index is 180. The molecule has 3 heteroatoms. The van der Waals surface area contributed by atoms with Crippen molar-refractivity contribution in [3.63, 3.8) is 0 Å². The van der Waals surface area contributed by atoms with E-state index in [2.05, 4.69) is 12.4 Å². The lowest BCUT2D eigenvalue weighted by Gasteiger charge is -2.05. The third-order valence-electron chi connectivity index (χ3n) is 4.43. The third kappa shape index (κ3) is 21.9. The van der Waals surface area contributed by atoms with E-state index in [4.69, 9.17) is 9.94 Å². The van der Waals surface area contributed by atoms with E-state index in [-0.39, 0.29) is 6.61 Å². The fourth-order valence-corrected chi connectivity index (χ4v) is 2.94. The summed E-state index contributed by atoms with van der Waals surface area (Å²) in [5.74, 6) is 0. The van der Waals surface area contributed by atoms with Crippen molar-refractivity contribution >= 4 is 0 Å². The van der Waals surface area contributed by atoms with E-state index in [0.29, 0.717) is 6.61 Å². The van der Waals surface area contributed by atoms with Gasteiger partial charge in [0, 0.05) is 6.54 Å². The monoisotopic (exact) mass is 329 g/mol. The molecule has 0 fully saturated rings. The van der Waals surface area contributed by atoms with Gasteiger partial charge in [0.2, 0.25) is 0 Å². The highest BCUT2D eigenvalue weighted by molar-refractivity contribution is 4.50. The Morgan fingerprint density at radius 3 is 1.39 bits per heavy atom. The van der Waals surface area contributed by atoms with Crippen LogP contribution < -0.4 is 5.48 Å². The third-order valence-corrected chi connectivity index (χ3v) is 4.43. The van der Waals surface area contributed by atoms with Gasteiger partial charge in [-0.1, -0.05) is 103 Å². The molecule has 0 aromatic heterocycles. The summed E-state index contributed by atoms with van der Waals surface area (Å²) in [6.07, 6.45) is 22.4. The Labute approximate surface area is 145 Å². The molecule has 23 heavy (non-hydrogen) atoms. The van der Waals surface area contributed by atoms with E-state index >= 15 is 0 Å². The molecule has 0 saturated heterocycles. The average molecular weight is 330 g/mol. The number of hydroxylamine groups is 1. The van der Waals surface area contributed by atoms with Crippen molar-refractivity contribution in [3.8, 4) is 0 Å². The standard InChI is InChI=1S/C20H43NO2/c1-2-3-4-5-6-7-8-9-10-11-12-13-14-15-16-17-18-21-23-20-19-22/h21-22H,2-20H2,1H3. The minimum absolute atomic E-state index is 0.0892. The van der Waals surface area contributed by atoms with Crippen LogP contribution in [0.25, 0.3) is 0 Å². The number of aliphatic hydroxyl groups is 1. The van der Waals surface area contributed by atoms with Crippen LogP contribution in [0.4, 0.5) is 0 Å². The van der Waals surface area contributed by atoms with E-state index < -0.39 is 0 Å². The number of unbranched alkanes of at least 4 members (excludes halogenated alkanes) is 15. The molecule has 0 aliphatic rings. The van der Waals surface area contributed by atoms with Crippen LogP contribution in [0.5, 0.6) is 0 Å². The maximum Gasteiger partial charge on any atom is 0.0913 e. The summed E-state index contributed by atoms with van der Waals surface area (Å²) >= 11 is 0. The van der Waals surface area contributed by atoms with Crippen molar-refractivity contribution in [2.45, 2.75) is 110 Å². The Morgan fingerprint density at radius 2 is 1.00 bits per heavy atom. The highest BCUT2D eigenvalue weighted by atomic mass is 16.6. The summed E-state index contributed by atoms with van der Waals surface area (Å²) in [6.45, 7) is 3.66. The SMILES string of the molecule is CCCCCCCCCCCCCCCCCCNOCCO. The molecule has 140 valence electrons. The molecule has 0 radical (unpaired) electrons. The van der Waals surface area contributed by atoms with Gasteiger partial charge in [-0.25, -0.2) is 5.48 Å². The van der Waals surface area contributed by atoms with Gasteiger partial charge in [0.05, 0.1) is 13.2 Å². The second-order valence-corrected chi connectivity index (χ2v) is 6.77. The van der Waals surface area contributed by atoms with Gasteiger partial charge in [0.25, 0.3) is 0 Å². The van der Waals surface area contributed by atoms with E-state index in [1.807, 2.05) is 0 Å². The molecule has 0 aliphatic heterocycles. The van der Waals surface area contributed by atoms with Crippen LogP contribution in [0.3, 0.4) is 0 Å². The zero-order chi connectivity index (χ0) is 16.8. The zero-order valence-corrected chi connectivity index (χ0v) is 15.8. The maximum atomic E-state index is 8.54. The van der Waals surface area contributed by atoms with E-state index in [0.717, 1.165) is 6.54 Å². The fourth-order valence-electron chi connectivity index (χ4n) is 2.94. The zero-order valence-electron chi connectivity index (χ0n) is 15.8. The Balaban J connectivity index is 2.92. The van der Waals surface area contributed by atoms with Crippen LogP contribution >= 0.6 is 0 Å². The molecule has 0 saturated carbocycles. The van der Waals surface area contributed by atoms with Gasteiger partial charge in [-0.2, -0.15) is 0 Å². The van der Waals surface area contributed by atoms with Crippen molar-refractivity contribution in [2.24, 2.45) is 0 Å². The molecule has 0 bridgehead atoms. The highest BCUT2D eigenvalue weighted by Gasteiger charge is 1.94.